The lowest BCUT2D eigenvalue weighted by Gasteiger charge is -2.18. The van der Waals surface area contributed by atoms with Crippen LogP contribution in [0.4, 0.5) is 0 Å². The minimum Gasteiger partial charge on any atom is -0.0654 e. The van der Waals surface area contributed by atoms with Gasteiger partial charge in [0.1, 0.15) is 0 Å². The molecule has 1 radical (unpaired) electrons. The van der Waals surface area contributed by atoms with Gasteiger partial charge in [-0.05, 0) is 73.6 Å². The molecule has 0 fully saturated rings. The molecular weight excluding hydrogens is 733 g/mol. The maximum Gasteiger partial charge on any atom is -0.0273 e. The fraction of sp³-hybridized carbons (Fsp3) is 0.885. The van der Waals surface area contributed by atoms with E-state index in [1.807, 2.05) is 0 Å². The first-order valence-electron chi connectivity index (χ1n) is 29.2. The summed E-state index contributed by atoms with van der Waals surface area (Å²) in [5, 5.41) is 0. The van der Waals surface area contributed by atoms with Gasteiger partial charge in [0.25, 0.3) is 0 Å². The number of unbranched alkanes of at least 4 members (excludes halogenated alkanes) is 43. The maximum atomic E-state index is 4.21. The largest absolute Gasteiger partial charge is 0.0654 e. The lowest BCUT2D eigenvalue weighted by atomic mass is 9.87. The van der Waals surface area contributed by atoms with Gasteiger partial charge in [0.15, 0.2) is 0 Å². The first-order valence-corrected chi connectivity index (χ1v) is 29.2. The summed E-state index contributed by atoms with van der Waals surface area (Å²) in [5.74, 6) is 0. The molecule has 61 heavy (non-hydrogen) atoms. The number of benzene rings is 1. The highest BCUT2D eigenvalue weighted by molar-refractivity contribution is 5.40. The zero-order valence-corrected chi connectivity index (χ0v) is 42.9. The van der Waals surface area contributed by atoms with Gasteiger partial charge in [-0.2, -0.15) is 0 Å². The molecule has 1 aromatic carbocycles. The molecule has 0 aromatic heterocycles. The van der Waals surface area contributed by atoms with Crippen LogP contribution in [0.15, 0.2) is 12.1 Å². The average Bonchev–Trinajstić information content (AvgIpc) is 3.27. The zero-order chi connectivity index (χ0) is 43.8. The molecule has 0 amide bonds. The van der Waals surface area contributed by atoms with Gasteiger partial charge in [0.05, 0.1) is 0 Å². The number of hydrogen-bond donors (Lipinski definition) is 0. The van der Waals surface area contributed by atoms with E-state index in [-0.39, 0.29) is 0 Å². The molecule has 0 unspecified atom stereocenters. The normalized spacial score (nSPS) is 11.7. The van der Waals surface area contributed by atoms with Crippen LogP contribution >= 0.6 is 0 Å². The Morgan fingerprint density at radius 3 is 0.689 bits per heavy atom. The minimum absolute atomic E-state index is 1.06. The van der Waals surface area contributed by atoms with Crippen LogP contribution in [0.3, 0.4) is 0 Å². The van der Waals surface area contributed by atoms with E-state index in [1.54, 1.807) is 22.3 Å². The van der Waals surface area contributed by atoms with E-state index in [4.69, 9.17) is 0 Å². The van der Waals surface area contributed by atoms with Crippen molar-refractivity contribution in [3.63, 3.8) is 0 Å². The van der Waals surface area contributed by atoms with Crippen molar-refractivity contribution < 1.29 is 0 Å². The summed E-state index contributed by atoms with van der Waals surface area (Å²) in [7, 11) is 0. The topological polar surface area (TPSA) is 0 Å². The molecular formula is C61H115. The van der Waals surface area contributed by atoms with Crippen molar-refractivity contribution in [3.05, 3.63) is 41.3 Å². The van der Waals surface area contributed by atoms with E-state index in [2.05, 4.69) is 39.8 Å². The van der Waals surface area contributed by atoms with Gasteiger partial charge in [0, 0.05) is 0 Å². The highest BCUT2D eigenvalue weighted by Gasteiger charge is 2.12. The van der Waals surface area contributed by atoms with Crippen molar-refractivity contribution in [2.24, 2.45) is 0 Å². The predicted octanol–water partition coefficient (Wildman–Crippen LogP) is 22.1. The molecule has 0 atom stereocenters. The second kappa shape index (κ2) is 48.7. The zero-order valence-electron chi connectivity index (χ0n) is 42.9. The molecule has 0 aliphatic heterocycles. The van der Waals surface area contributed by atoms with Crippen molar-refractivity contribution in [1.29, 1.82) is 0 Å². The lowest BCUT2D eigenvalue weighted by molar-refractivity contribution is 0.530. The smallest absolute Gasteiger partial charge is 0.0273 e. The van der Waals surface area contributed by atoms with Gasteiger partial charge in [0.2, 0.25) is 0 Å². The molecule has 0 nitrogen and oxygen atoms in total. The van der Waals surface area contributed by atoms with E-state index >= 15 is 0 Å². The fourth-order valence-electron chi connectivity index (χ4n) is 10.2. The molecule has 1 aromatic rings. The van der Waals surface area contributed by atoms with Crippen LogP contribution in [-0.4, -0.2) is 0 Å². The fourth-order valence-corrected chi connectivity index (χ4v) is 10.2. The van der Waals surface area contributed by atoms with Gasteiger partial charge in [-0.1, -0.05) is 316 Å². The first-order chi connectivity index (χ1) is 30.3. The Morgan fingerprint density at radius 1 is 0.246 bits per heavy atom. The highest BCUT2D eigenvalue weighted by atomic mass is 14.2. The standard InChI is InChI=1S/C61H115/c1-5-9-13-16-19-22-25-28-31-34-37-40-43-46-49-53-59-56-58(52-12-8-4)57-60(54-50-47-44-41-38-35-32-29-26-23-20-17-14-10-6-2)61(59)55-51-48-45-42-39-36-33-30-27-24-21-18-15-11-7-3/h56-57H,4-55H2,1-3H3. The van der Waals surface area contributed by atoms with E-state index in [0.29, 0.717) is 0 Å². The first kappa shape index (κ1) is 58.2. The average molecular weight is 849 g/mol. The van der Waals surface area contributed by atoms with Gasteiger partial charge in [-0.15, -0.1) is 0 Å². The molecule has 1 rings (SSSR count). The van der Waals surface area contributed by atoms with Crippen LogP contribution in [0, 0.1) is 6.92 Å². The summed E-state index contributed by atoms with van der Waals surface area (Å²) in [6.07, 6.45) is 72.7. The van der Waals surface area contributed by atoms with Crippen molar-refractivity contribution in [2.45, 2.75) is 348 Å². The van der Waals surface area contributed by atoms with Crippen LogP contribution in [-0.2, 0) is 25.7 Å². The Hall–Kier alpha value is -0.780. The molecule has 0 N–H and O–H groups in total. The van der Waals surface area contributed by atoms with Crippen LogP contribution in [0.5, 0.6) is 0 Å². The second-order valence-corrected chi connectivity index (χ2v) is 20.4. The summed E-state index contributed by atoms with van der Waals surface area (Å²) >= 11 is 0. The third kappa shape index (κ3) is 39.3. The molecule has 0 heterocycles. The van der Waals surface area contributed by atoms with E-state index in [9.17, 15) is 0 Å². The maximum absolute atomic E-state index is 4.21. The molecule has 0 saturated heterocycles. The van der Waals surface area contributed by atoms with E-state index < -0.39 is 0 Å². The summed E-state index contributed by atoms with van der Waals surface area (Å²) in [6.45, 7) is 11.2. The van der Waals surface area contributed by atoms with Crippen molar-refractivity contribution in [2.75, 3.05) is 0 Å². The highest BCUT2D eigenvalue weighted by Crippen LogP contribution is 2.27. The van der Waals surface area contributed by atoms with E-state index in [0.717, 1.165) is 6.42 Å². The van der Waals surface area contributed by atoms with Gasteiger partial charge in [-0.25, -0.2) is 0 Å². The predicted molar refractivity (Wildman–Crippen MR) is 281 cm³/mol. The number of aryl methyl sites for hydroxylation is 3. The van der Waals surface area contributed by atoms with Crippen LogP contribution in [0.25, 0.3) is 0 Å². The van der Waals surface area contributed by atoms with Crippen LogP contribution < -0.4 is 0 Å². The van der Waals surface area contributed by atoms with Crippen molar-refractivity contribution >= 4 is 0 Å². The monoisotopic (exact) mass is 848 g/mol. The van der Waals surface area contributed by atoms with E-state index in [1.165, 1.54) is 321 Å². The molecule has 0 spiro atoms. The van der Waals surface area contributed by atoms with Gasteiger partial charge in [-0.3, -0.25) is 0 Å². The molecule has 0 aliphatic rings. The molecule has 0 bridgehead atoms. The summed E-state index contributed by atoms with van der Waals surface area (Å²) in [6, 6.07) is 5.35. The summed E-state index contributed by atoms with van der Waals surface area (Å²) in [5.41, 5.74) is 6.91. The van der Waals surface area contributed by atoms with Gasteiger partial charge < -0.3 is 0 Å². The third-order valence-corrected chi connectivity index (χ3v) is 14.3. The van der Waals surface area contributed by atoms with Crippen LogP contribution in [0.2, 0.25) is 0 Å². The lowest BCUT2D eigenvalue weighted by Crippen LogP contribution is -2.05. The Bertz CT molecular complexity index is 917. The van der Waals surface area contributed by atoms with Crippen molar-refractivity contribution in [1.82, 2.24) is 0 Å². The minimum atomic E-state index is 1.06. The molecule has 0 aliphatic carbocycles. The SMILES string of the molecule is [CH2]CCCc1cc(CCCCCCCCCCCCCCCCC)c(CCCCCCCCCCCCCCCCC)c(CCCCCCCCCCCCCCCCC)c1. The summed E-state index contributed by atoms with van der Waals surface area (Å²) in [4.78, 5) is 0. The third-order valence-electron chi connectivity index (χ3n) is 14.3. The Morgan fingerprint density at radius 2 is 0.459 bits per heavy atom. The van der Waals surface area contributed by atoms with Crippen LogP contribution in [0.1, 0.15) is 345 Å². The number of rotatable bonds is 51. The van der Waals surface area contributed by atoms with Crippen molar-refractivity contribution in [3.8, 4) is 0 Å². The Kier molecular flexibility index (Phi) is 46.5. The second-order valence-electron chi connectivity index (χ2n) is 20.4. The molecule has 359 valence electrons. The van der Waals surface area contributed by atoms with Gasteiger partial charge >= 0.3 is 0 Å². The Balaban J connectivity index is 2.54. The quantitative estimate of drug-likeness (QED) is 0.0573. The Labute approximate surface area is 388 Å². The molecule has 0 saturated carbocycles. The molecule has 0 heteroatoms. The number of hydrogen-bond acceptors (Lipinski definition) is 0. The summed E-state index contributed by atoms with van der Waals surface area (Å²) < 4.78 is 0.